The summed E-state index contributed by atoms with van der Waals surface area (Å²) in [6.07, 6.45) is 2.27. The Balaban J connectivity index is 0.00000392. The molecular formula is C18H30IN7O2. The minimum Gasteiger partial charge on any atom is -0.444 e. The van der Waals surface area contributed by atoms with Gasteiger partial charge in [-0.1, -0.05) is 6.07 Å². The predicted molar refractivity (Wildman–Crippen MR) is 120 cm³/mol. The molecule has 3 N–H and O–H groups in total. The second kappa shape index (κ2) is 11.7. The number of aliphatic imine (C=N–C) groups is 1. The van der Waals surface area contributed by atoms with Gasteiger partial charge >= 0.3 is 6.09 Å². The average molecular weight is 503 g/mol. The van der Waals surface area contributed by atoms with E-state index in [4.69, 9.17) is 4.74 Å². The van der Waals surface area contributed by atoms with Crippen LogP contribution in [0.15, 0.2) is 29.4 Å². The highest BCUT2D eigenvalue weighted by molar-refractivity contribution is 14.0. The number of halogens is 1. The van der Waals surface area contributed by atoms with Crippen LogP contribution in [-0.4, -0.2) is 51.9 Å². The lowest BCUT2D eigenvalue weighted by Gasteiger charge is -2.19. The van der Waals surface area contributed by atoms with E-state index in [0.717, 1.165) is 24.4 Å². The number of hydrogen-bond acceptors (Lipinski definition) is 5. The third kappa shape index (κ3) is 8.28. The van der Waals surface area contributed by atoms with Gasteiger partial charge in [-0.3, -0.25) is 4.40 Å². The van der Waals surface area contributed by atoms with Crippen LogP contribution in [0, 0.1) is 0 Å². The van der Waals surface area contributed by atoms with E-state index in [2.05, 4.69) is 31.1 Å². The smallest absolute Gasteiger partial charge is 0.407 e. The van der Waals surface area contributed by atoms with Crippen molar-refractivity contribution in [2.75, 3.05) is 19.6 Å². The first-order chi connectivity index (χ1) is 12.9. The first-order valence-corrected chi connectivity index (χ1v) is 9.16. The van der Waals surface area contributed by atoms with Crippen molar-refractivity contribution < 1.29 is 9.53 Å². The van der Waals surface area contributed by atoms with Crippen LogP contribution in [0.2, 0.25) is 0 Å². The normalized spacial score (nSPS) is 11.6. The Kier molecular flexibility index (Phi) is 9.97. The van der Waals surface area contributed by atoms with Crippen molar-refractivity contribution >= 4 is 41.7 Å². The first kappa shape index (κ1) is 23.9. The van der Waals surface area contributed by atoms with Crippen molar-refractivity contribution in [1.82, 2.24) is 30.5 Å². The van der Waals surface area contributed by atoms with Gasteiger partial charge in [0, 0.05) is 25.8 Å². The number of pyridine rings is 1. The van der Waals surface area contributed by atoms with Gasteiger partial charge in [0.05, 0.1) is 0 Å². The van der Waals surface area contributed by atoms with Crippen LogP contribution in [0.1, 0.15) is 39.9 Å². The lowest BCUT2D eigenvalue weighted by Crippen LogP contribution is -2.39. The molecule has 2 rings (SSSR count). The van der Waals surface area contributed by atoms with E-state index < -0.39 is 11.7 Å². The summed E-state index contributed by atoms with van der Waals surface area (Å²) in [5.74, 6) is 1.47. The summed E-state index contributed by atoms with van der Waals surface area (Å²) in [5.41, 5.74) is 0.313. The highest BCUT2D eigenvalue weighted by atomic mass is 127. The molecule has 0 saturated carbocycles. The molecule has 2 heterocycles. The topological polar surface area (TPSA) is 105 Å². The number of amides is 1. The Morgan fingerprint density at radius 1 is 1.18 bits per heavy atom. The van der Waals surface area contributed by atoms with Gasteiger partial charge in [-0.05, 0) is 46.2 Å². The number of carbonyl (C=O) groups excluding carboxylic acids is 1. The largest absolute Gasteiger partial charge is 0.444 e. The Labute approximate surface area is 182 Å². The monoisotopic (exact) mass is 503 g/mol. The van der Waals surface area contributed by atoms with Gasteiger partial charge in [0.15, 0.2) is 17.4 Å². The van der Waals surface area contributed by atoms with Crippen molar-refractivity contribution in [3.05, 3.63) is 30.2 Å². The van der Waals surface area contributed by atoms with Crippen molar-refractivity contribution in [2.24, 2.45) is 4.99 Å². The lowest BCUT2D eigenvalue weighted by molar-refractivity contribution is 0.0527. The molecule has 2 aromatic rings. The summed E-state index contributed by atoms with van der Waals surface area (Å²) in [4.78, 5) is 16.1. The number of ether oxygens (including phenoxy) is 1. The van der Waals surface area contributed by atoms with Crippen LogP contribution in [0.4, 0.5) is 4.79 Å². The molecule has 10 heteroatoms. The van der Waals surface area contributed by atoms with E-state index in [-0.39, 0.29) is 24.0 Å². The maximum Gasteiger partial charge on any atom is 0.407 e. The van der Waals surface area contributed by atoms with Crippen molar-refractivity contribution in [3.63, 3.8) is 0 Å². The number of fused-ring (bicyclic) bond motifs is 1. The number of alkyl carbamates (subject to hydrolysis) is 1. The lowest BCUT2D eigenvalue weighted by atomic mass is 10.2. The summed E-state index contributed by atoms with van der Waals surface area (Å²) in [5, 5.41) is 17.5. The average Bonchev–Trinajstić information content (AvgIpc) is 3.01. The molecule has 0 radical (unpaired) electrons. The Morgan fingerprint density at radius 3 is 2.64 bits per heavy atom. The Hall–Kier alpha value is -2.11. The highest BCUT2D eigenvalue weighted by Crippen LogP contribution is 2.06. The molecule has 2 aromatic heterocycles. The van der Waals surface area contributed by atoms with Crippen molar-refractivity contribution in [1.29, 1.82) is 0 Å². The third-order valence-electron chi connectivity index (χ3n) is 3.42. The van der Waals surface area contributed by atoms with Gasteiger partial charge in [-0.25, -0.2) is 9.79 Å². The molecule has 0 spiro atoms. The molecule has 0 saturated heterocycles. The van der Waals surface area contributed by atoms with E-state index in [1.54, 1.807) is 0 Å². The molecule has 0 aromatic carbocycles. The fourth-order valence-electron chi connectivity index (χ4n) is 2.29. The van der Waals surface area contributed by atoms with Crippen molar-refractivity contribution in [3.8, 4) is 0 Å². The maximum absolute atomic E-state index is 11.6. The van der Waals surface area contributed by atoms with Crippen LogP contribution in [0.3, 0.4) is 0 Å². The summed E-state index contributed by atoms with van der Waals surface area (Å²) in [6, 6.07) is 5.76. The predicted octanol–water partition coefficient (Wildman–Crippen LogP) is 2.32. The zero-order chi connectivity index (χ0) is 19.7. The fourth-order valence-corrected chi connectivity index (χ4v) is 2.29. The second-order valence-corrected chi connectivity index (χ2v) is 6.95. The molecule has 9 nitrogen and oxygen atoms in total. The minimum absolute atomic E-state index is 0. The van der Waals surface area contributed by atoms with E-state index >= 15 is 0 Å². The maximum atomic E-state index is 11.6. The van der Waals surface area contributed by atoms with Gasteiger partial charge in [0.25, 0.3) is 0 Å². The van der Waals surface area contributed by atoms with Gasteiger partial charge in [-0.2, -0.15) is 0 Å². The Morgan fingerprint density at radius 2 is 1.93 bits per heavy atom. The molecule has 0 bridgehead atoms. The molecule has 0 aliphatic heterocycles. The number of rotatable bonds is 7. The van der Waals surface area contributed by atoms with Gasteiger partial charge in [-0.15, -0.1) is 34.2 Å². The zero-order valence-electron chi connectivity index (χ0n) is 16.9. The molecule has 1 amide bonds. The van der Waals surface area contributed by atoms with Crippen LogP contribution in [0.5, 0.6) is 0 Å². The standard InChI is InChI=1S/C18H29N7O2.HI/c1-5-19-16(20-10-8-11-21-17(26)27-18(2,3)4)22-13-15-24-23-14-9-6-7-12-25(14)15;/h6-7,9,12H,5,8,10-11,13H2,1-4H3,(H,21,26)(H2,19,20,22);1H. The highest BCUT2D eigenvalue weighted by Gasteiger charge is 2.15. The van der Waals surface area contributed by atoms with Crippen LogP contribution in [0.25, 0.3) is 5.65 Å². The van der Waals surface area contributed by atoms with Crippen molar-refractivity contribution in [2.45, 2.75) is 46.3 Å². The van der Waals surface area contributed by atoms with Gasteiger partial charge in [0.2, 0.25) is 0 Å². The SMILES string of the molecule is CCNC(=NCc1nnc2ccccn12)NCCCNC(=O)OC(C)(C)C.I. The summed E-state index contributed by atoms with van der Waals surface area (Å²) < 4.78 is 7.11. The van der Waals surface area contributed by atoms with Crippen LogP contribution in [-0.2, 0) is 11.3 Å². The third-order valence-corrected chi connectivity index (χ3v) is 3.42. The summed E-state index contributed by atoms with van der Waals surface area (Å²) in [6.45, 7) is 9.88. The molecule has 0 atom stereocenters. The number of carbonyl (C=O) groups is 1. The van der Waals surface area contributed by atoms with Gasteiger partial charge in [0.1, 0.15) is 12.1 Å². The summed E-state index contributed by atoms with van der Waals surface area (Å²) >= 11 is 0. The second-order valence-electron chi connectivity index (χ2n) is 6.95. The number of nitrogens with zero attached hydrogens (tertiary/aromatic N) is 4. The van der Waals surface area contributed by atoms with E-state index in [1.807, 2.05) is 56.5 Å². The summed E-state index contributed by atoms with van der Waals surface area (Å²) in [7, 11) is 0. The molecule has 0 aliphatic carbocycles. The molecular weight excluding hydrogens is 473 g/mol. The molecule has 0 aliphatic rings. The molecule has 0 unspecified atom stereocenters. The zero-order valence-corrected chi connectivity index (χ0v) is 19.2. The van der Waals surface area contributed by atoms with Gasteiger partial charge < -0.3 is 20.7 Å². The number of nitrogens with one attached hydrogen (secondary N) is 3. The number of hydrogen-bond donors (Lipinski definition) is 3. The van der Waals surface area contributed by atoms with E-state index in [1.165, 1.54) is 0 Å². The van der Waals surface area contributed by atoms with Crippen LogP contribution >= 0.6 is 24.0 Å². The minimum atomic E-state index is -0.487. The molecule has 0 fully saturated rings. The van der Waals surface area contributed by atoms with Crippen LogP contribution < -0.4 is 16.0 Å². The quantitative estimate of drug-likeness (QED) is 0.232. The number of aromatic nitrogens is 3. The Bertz CT molecular complexity index is 771. The van der Waals surface area contributed by atoms with E-state index in [0.29, 0.717) is 25.6 Å². The van der Waals surface area contributed by atoms with E-state index in [9.17, 15) is 4.79 Å². The molecule has 28 heavy (non-hydrogen) atoms. The fraction of sp³-hybridized carbons (Fsp3) is 0.556. The first-order valence-electron chi connectivity index (χ1n) is 9.16. The number of guanidine groups is 1. The molecule has 156 valence electrons.